The van der Waals surface area contributed by atoms with Crippen molar-refractivity contribution in [3.63, 3.8) is 0 Å². The van der Waals surface area contributed by atoms with E-state index in [4.69, 9.17) is 16.7 Å². The molecule has 0 spiro atoms. The second-order valence-electron chi connectivity index (χ2n) is 4.22. The number of hydrogen-bond acceptors (Lipinski definition) is 2. The Balaban J connectivity index is 2.09. The van der Waals surface area contributed by atoms with Gasteiger partial charge in [-0.15, -0.1) is 0 Å². The Kier molecular flexibility index (Phi) is 4.07. The number of halogens is 2. The Morgan fingerprint density at radius 1 is 1.59 bits per heavy atom. The molecule has 0 amide bonds. The molecule has 0 bridgehead atoms. The highest BCUT2D eigenvalue weighted by Crippen LogP contribution is 2.26. The number of aliphatic carboxylic acids is 1. The molecule has 1 N–H and O–H groups in total. The van der Waals surface area contributed by atoms with Gasteiger partial charge in [0.25, 0.3) is 0 Å². The number of carboxylic acids is 1. The Morgan fingerprint density at radius 3 is 3.00 bits per heavy atom. The molecule has 1 aliphatic heterocycles. The van der Waals surface area contributed by atoms with Crippen LogP contribution in [0.3, 0.4) is 0 Å². The maximum atomic E-state index is 11.0. The molecular formula is C12H13BrClNO2. The van der Waals surface area contributed by atoms with Crippen LogP contribution in [0.25, 0.3) is 0 Å². The van der Waals surface area contributed by atoms with E-state index in [9.17, 15) is 4.79 Å². The van der Waals surface area contributed by atoms with Gasteiger partial charge in [-0.05, 0) is 53.0 Å². The molecule has 2 rings (SSSR count). The first-order chi connectivity index (χ1) is 8.08. The fraction of sp³-hybridized carbons (Fsp3) is 0.417. The van der Waals surface area contributed by atoms with E-state index in [1.165, 1.54) is 0 Å². The maximum absolute atomic E-state index is 11.0. The third kappa shape index (κ3) is 3.00. The summed E-state index contributed by atoms with van der Waals surface area (Å²) in [6.45, 7) is 1.48. The number of likely N-dealkylation sites (tertiary alicyclic amines) is 1. The largest absolute Gasteiger partial charge is 0.480 e. The van der Waals surface area contributed by atoms with Crippen LogP contribution >= 0.6 is 27.5 Å². The summed E-state index contributed by atoms with van der Waals surface area (Å²) >= 11 is 9.35. The molecule has 1 saturated heterocycles. The summed E-state index contributed by atoms with van der Waals surface area (Å²) in [5, 5.41) is 9.75. The predicted octanol–water partition coefficient (Wildman–Crippen LogP) is 3.15. The molecule has 1 aromatic carbocycles. The monoisotopic (exact) mass is 317 g/mol. The first-order valence-electron chi connectivity index (χ1n) is 5.48. The normalized spacial score (nSPS) is 20.7. The highest BCUT2D eigenvalue weighted by Gasteiger charge is 2.30. The minimum atomic E-state index is -0.731. The summed E-state index contributed by atoms with van der Waals surface area (Å²) in [7, 11) is 0. The van der Waals surface area contributed by atoms with Crippen LogP contribution in [0.4, 0.5) is 0 Å². The predicted molar refractivity (Wildman–Crippen MR) is 70.2 cm³/mol. The zero-order valence-corrected chi connectivity index (χ0v) is 11.5. The van der Waals surface area contributed by atoms with Crippen molar-refractivity contribution in [3.8, 4) is 0 Å². The van der Waals surface area contributed by atoms with Gasteiger partial charge in [0.15, 0.2) is 0 Å². The molecule has 17 heavy (non-hydrogen) atoms. The Morgan fingerprint density at radius 2 is 2.35 bits per heavy atom. The first-order valence-corrected chi connectivity index (χ1v) is 6.66. The topological polar surface area (TPSA) is 40.5 Å². The van der Waals surface area contributed by atoms with Crippen molar-refractivity contribution in [2.24, 2.45) is 0 Å². The molecular weight excluding hydrogens is 305 g/mol. The highest BCUT2D eigenvalue weighted by atomic mass is 79.9. The van der Waals surface area contributed by atoms with Gasteiger partial charge >= 0.3 is 5.97 Å². The summed E-state index contributed by atoms with van der Waals surface area (Å²) in [4.78, 5) is 13.0. The summed E-state index contributed by atoms with van der Waals surface area (Å²) in [6.07, 6.45) is 1.68. The average Bonchev–Trinajstić information content (AvgIpc) is 2.72. The van der Waals surface area contributed by atoms with Crippen LogP contribution in [0.5, 0.6) is 0 Å². The fourth-order valence-corrected chi connectivity index (χ4v) is 2.62. The molecule has 92 valence electrons. The lowest BCUT2D eigenvalue weighted by atomic mass is 10.2. The van der Waals surface area contributed by atoms with Gasteiger partial charge < -0.3 is 5.11 Å². The van der Waals surface area contributed by atoms with Gasteiger partial charge in [-0.1, -0.05) is 17.7 Å². The lowest BCUT2D eigenvalue weighted by molar-refractivity contribution is -0.142. The van der Waals surface area contributed by atoms with Crippen LogP contribution in [0.1, 0.15) is 18.4 Å². The standard InChI is InChI=1S/C12H13BrClNO2/c13-9-4-3-8(6-10(9)14)7-15-5-1-2-11(15)12(16)17/h3-4,6,11H,1-2,5,7H2,(H,16,17). The van der Waals surface area contributed by atoms with Crippen LogP contribution in [0, 0.1) is 0 Å². The summed E-state index contributed by atoms with van der Waals surface area (Å²) in [5.74, 6) is -0.731. The van der Waals surface area contributed by atoms with Crippen molar-refractivity contribution >= 4 is 33.5 Å². The maximum Gasteiger partial charge on any atom is 0.320 e. The van der Waals surface area contributed by atoms with Crippen LogP contribution in [0.2, 0.25) is 5.02 Å². The van der Waals surface area contributed by atoms with Crippen molar-refractivity contribution in [3.05, 3.63) is 33.3 Å². The van der Waals surface area contributed by atoms with E-state index < -0.39 is 5.97 Å². The van der Waals surface area contributed by atoms with Crippen LogP contribution in [-0.4, -0.2) is 28.6 Å². The van der Waals surface area contributed by atoms with E-state index in [2.05, 4.69) is 15.9 Å². The molecule has 3 nitrogen and oxygen atoms in total. The minimum absolute atomic E-state index is 0.350. The smallest absolute Gasteiger partial charge is 0.320 e. The van der Waals surface area contributed by atoms with E-state index in [0.29, 0.717) is 11.6 Å². The summed E-state index contributed by atoms with van der Waals surface area (Å²) in [6, 6.07) is 5.39. The van der Waals surface area contributed by atoms with Gasteiger partial charge in [0.2, 0.25) is 0 Å². The molecule has 0 radical (unpaired) electrons. The second kappa shape index (κ2) is 5.38. The molecule has 0 aliphatic carbocycles. The van der Waals surface area contributed by atoms with E-state index >= 15 is 0 Å². The van der Waals surface area contributed by atoms with Crippen LogP contribution < -0.4 is 0 Å². The molecule has 1 unspecified atom stereocenters. The summed E-state index contributed by atoms with van der Waals surface area (Å²) < 4.78 is 0.860. The van der Waals surface area contributed by atoms with Gasteiger partial charge in [-0.2, -0.15) is 0 Å². The SMILES string of the molecule is O=C(O)C1CCCN1Cc1ccc(Br)c(Cl)c1. The first kappa shape index (κ1) is 12.9. The molecule has 1 aliphatic rings. The molecule has 1 fully saturated rings. The van der Waals surface area contributed by atoms with Crippen molar-refractivity contribution < 1.29 is 9.90 Å². The Bertz CT molecular complexity index is 439. The van der Waals surface area contributed by atoms with Crippen molar-refractivity contribution in [2.75, 3.05) is 6.54 Å². The zero-order valence-electron chi connectivity index (χ0n) is 9.20. The summed E-state index contributed by atoms with van der Waals surface area (Å²) in [5.41, 5.74) is 1.05. The Hall–Kier alpha value is -0.580. The second-order valence-corrected chi connectivity index (χ2v) is 5.48. The van der Waals surface area contributed by atoms with Crippen molar-refractivity contribution in [1.82, 2.24) is 4.90 Å². The van der Waals surface area contributed by atoms with Gasteiger partial charge in [-0.25, -0.2) is 0 Å². The lowest BCUT2D eigenvalue weighted by Crippen LogP contribution is -2.35. The highest BCUT2D eigenvalue weighted by molar-refractivity contribution is 9.10. The molecule has 0 saturated carbocycles. The zero-order chi connectivity index (χ0) is 12.4. The molecule has 1 heterocycles. The van der Waals surface area contributed by atoms with E-state index in [1.54, 1.807) is 0 Å². The molecule has 1 aromatic rings. The van der Waals surface area contributed by atoms with Crippen molar-refractivity contribution in [1.29, 1.82) is 0 Å². The van der Waals surface area contributed by atoms with E-state index in [-0.39, 0.29) is 6.04 Å². The number of hydrogen-bond donors (Lipinski definition) is 1. The van der Waals surface area contributed by atoms with E-state index in [0.717, 1.165) is 29.4 Å². The van der Waals surface area contributed by atoms with Crippen molar-refractivity contribution in [2.45, 2.75) is 25.4 Å². The van der Waals surface area contributed by atoms with Gasteiger partial charge in [0, 0.05) is 11.0 Å². The molecule has 0 aromatic heterocycles. The van der Waals surface area contributed by atoms with E-state index in [1.807, 2.05) is 23.1 Å². The van der Waals surface area contributed by atoms with Crippen LogP contribution in [0.15, 0.2) is 22.7 Å². The fourth-order valence-electron chi connectivity index (χ4n) is 2.17. The molecule has 5 heteroatoms. The number of benzene rings is 1. The quantitative estimate of drug-likeness (QED) is 0.930. The number of carbonyl (C=O) groups is 1. The van der Waals surface area contributed by atoms with Gasteiger partial charge in [-0.3, -0.25) is 9.69 Å². The lowest BCUT2D eigenvalue weighted by Gasteiger charge is -2.21. The van der Waals surface area contributed by atoms with Crippen LogP contribution in [-0.2, 0) is 11.3 Å². The number of nitrogens with zero attached hydrogens (tertiary/aromatic N) is 1. The average molecular weight is 319 g/mol. The third-order valence-corrected chi connectivity index (χ3v) is 4.25. The Labute approximate surface area is 114 Å². The van der Waals surface area contributed by atoms with Gasteiger partial charge in [0.1, 0.15) is 6.04 Å². The molecule has 1 atom stereocenters. The minimum Gasteiger partial charge on any atom is -0.480 e. The number of rotatable bonds is 3. The van der Waals surface area contributed by atoms with Gasteiger partial charge in [0.05, 0.1) is 5.02 Å². The third-order valence-electron chi connectivity index (χ3n) is 3.02. The number of carboxylic acid groups (broad SMARTS) is 1.